The number of urea groups is 1. The number of methoxy groups -OCH3 is 2. The Bertz CT molecular complexity index is 873. The predicted molar refractivity (Wildman–Crippen MR) is 113 cm³/mol. The van der Waals surface area contributed by atoms with Crippen molar-refractivity contribution >= 4 is 23.6 Å². The van der Waals surface area contributed by atoms with Gasteiger partial charge in [0.15, 0.2) is 12.2 Å². The van der Waals surface area contributed by atoms with E-state index in [1.165, 1.54) is 4.90 Å². The molecule has 2 saturated heterocycles. The van der Waals surface area contributed by atoms with Crippen LogP contribution in [0.4, 0.5) is 10.5 Å². The van der Waals surface area contributed by atoms with Crippen LogP contribution in [0.2, 0.25) is 0 Å². The van der Waals surface area contributed by atoms with Crippen LogP contribution in [-0.4, -0.2) is 85.7 Å². The fourth-order valence-corrected chi connectivity index (χ4v) is 4.40. The van der Waals surface area contributed by atoms with E-state index in [9.17, 15) is 9.59 Å². The van der Waals surface area contributed by atoms with Crippen molar-refractivity contribution in [3.63, 3.8) is 0 Å². The van der Waals surface area contributed by atoms with Gasteiger partial charge in [-0.2, -0.15) is 0 Å². The number of anilines is 1. The number of amides is 3. The van der Waals surface area contributed by atoms with Gasteiger partial charge in [0.2, 0.25) is 5.96 Å². The van der Waals surface area contributed by atoms with Gasteiger partial charge in [0.25, 0.3) is 5.91 Å². The molecule has 0 N–H and O–H groups in total. The van der Waals surface area contributed by atoms with Crippen molar-refractivity contribution in [2.24, 2.45) is 4.99 Å². The molecule has 0 aliphatic carbocycles. The molecular formula is C21H29N5O4. The average molecular weight is 415 g/mol. The maximum absolute atomic E-state index is 13.3. The van der Waals surface area contributed by atoms with E-state index in [2.05, 4.69) is 6.92 Å². The van der Waals surface area contributed by atoms with Gasteiger partial charge in [-0.25, -0.2) is 9.79 Å². The number of imide groups is 1. The van der Waals surface area contributed by atoms with Crippen molar-refractivity contribution in [1.82, 2.24) is 14.7 Å². The molecule has 1 aromatic rings. The Balaban J connectivity index is 1.62. The zero-order valence-corrected chi connectivity index (χ0v) is 18.0. The van der Waals surface area contributed by atoms with E-state index in [0.29, 0.717) is 37.1 Å². The van der Waals surface area contributed by atoms with Crippen LogP contribution < -0.4 is 14.4 Å². The Morgan fingerprint density at radius 3 is 2.63 bits per heavy atom. The van der Waals surface area contributed by atoms with Gasteiger partial charge in [0.05, 0.1) is 19.9 Å². The number of ether oxygens (including phenoxy) is 2. The highest BCUT2D eigenvalue weighted by molar-refractivity contribution is 6.08. The number of benzene rings is 1. The van der Waals surface area contributed by atoms with Crippen LogP contribution in [0.5, 0.6) is 11.5 Å². The maximum Gasteiger partial charge on any atom is 0.328 e. The van der Waals surface area contributed by atoms with E-state index in [1.54, 1.807) is 26.2 Å². The van der Waals surface area contributed by atoms with E-state index >= 15 is 0 Å². The number of aliphatic imine (C=N–C) groups is 1. The Labute approximate surface area is 176 Å². The molecule has 0 aromatic heterocycles. The number of guanidine groups is 1. The lowest BCUT2D eigenvalue weighted by atomic mass is 10.1. The zero-order valence-electron chi connectivity index (χ0n) is 18.0. The van der Waals surface area contributed by atoms with E-state index in [4.69, 9.17) is 14.5 Å². The Morgan fingerprint density at radius 1 is 1.13 bits per heavy atom. The van der Waals surface area contributed by atoms with Crippen LogP contribution in [0.25, 0.3) is 0 Å². The summed E-state index contributed by atoms with van der Waals surface area (Å²) in [6, 6.07) is 4.89. The van der Waals surface area contributed by atoms with Gasteiger partial charge in [-0.3, -0.25) is 9.69 Å². The molecule has 3 heterocycles. The molecule has 3 aliphatic heterocycles. The number of rotatable bonds is 7. The molecule has 0 bridgehead atoms. The van der Waals surface area contributed by atoms with Crippen LogP contribution in [0, 0.1) is 0 Å². The SMILES string of the molecule is CCCCCN1C(=O)C2C(N=C3N(c4ccc(OC)cc4OC)CCN32)N(C)C1=O. The third-order valence-corrected chi connectivity index (χ3v) is 6.04. The number of unbranched alkanes of at least 4 members (excludes halogenated alkanes) is 2. The normalized spacial score (nSPS) is 23.0. The largest absolute Gasteiger partial charge is 0.497 e. The summed E-state index contributed by atoms with van der Waals surface area (Å²) in [5, 5.41) is 0. The minimum Gasteiger partial charge on any atom is -0.497 e. The van der Waals surface area contributed by atoms with E-state index in [1.807, 2.05) is 28.0 Å². The van der Waals surface area contributed by atoms with Gasteiger partial charge in [-0.15, -0.1) is 0 Å². The summed E-state index contributed by atoms with van der Waals surface area (Å²) < 4.78 is 10.9. The van der Waals surface area contributed by atoms with Crippen molar-refractivity contribution < 1.29 is 19.1 Å². The molecule has 30 heavy (non-hydrogen) atoms. The van der Waals surface area contributed by atoms with Gasteiger partial charge in [-0.1, -0.05) is 19.8 Å². The summed E-state index contributed by atoms with van der Waals surface area (Å²) in [6.07, 6.45) is 2.35. The van der Waals surface area contributed by atoms with Gasteiger partial charge >= 0.3 is 6.03 Å². The molecular weight excluding hydrogens is 386 g/mol. The molecule has 9 nitrogen and oxygen atoms in total. The first-order chi connectivity index (χ1) is 14.5. The van der Waals surface area contributed by atoms with Crippen molar-refractivity contribution in [3.8, 4) is 11.5 Å². The van der Waals surface area contributed by atoms with Crippen molar-refractivity contribution in [1.29, 1.82) is 0 Å². The highest BCUT2D eigenvalue weighted by Gasteiger charge is 2.54. The Morgan fingerprint density at radius 2 is 1.93 bits per heavy atom. The smallest absolute Gasteiger partial charge is 0.328 e. The minimum absolute atomic E-state index is 0.151. The third-order valence-electron chi connectivity index (χ3n) is 6.04. The average Bonchev–Trinajstić information content (AvgIpc) is 3.33. The molecule has 3 amide bonds. The highest BCUT2D eigenvalue weighted by atomic mass is 16.5. The van der Waals surface area contributed by atoms with Gasteiger partial charge in [0.1, 0.15) is 11.5 Å². The fourth-order valence-electron chi connectivity index (χ4n) is 4.40. The predicted octanol–water partition coefficient (Wildman–Crippen LogP) is 1.97. The van der Waals surface area contributed by atoms with Crippen LogP contribution in [0.1, 0.15) is 26.2 Å². The summed E-state index contributed by atoms with van der Waals surface area (Å²) >= 11 is 0. The quantitative estimate of drug-likeness (QED) is 0.634. The molecule has 2 fully saturated rings. The summed E-state index contributed by atoms with van der Waals surface area (Å²) in [7, 11) is 4.96. The lowest BCUT2D eigenvalue weighted by molar-refractivity contribution is -0.137. The molecule has 0 saturated carbocycles. The number of carbonyl (C=O) groups excluding carboxylic acids is 2. The summed E-state index contributed by atoms with van der Waals surface area (Å²) in [5.41, 5.74) is 0.861. The van der Waals surface area contributed by atoms with Crippen molar-refractivity contribution in [2.75, 3.05) is 45.8 Å². The number of carbonyl (C=O) groups is 2. The van der Waals surface area contributed by atoms with Crippen LogP contribution in [0.3, 0.4) is 0 Å². The summed E-state index contributed by atoms with van der Waals surface area (Å²) in [5.74, 6) is 1.93. The maximum atomic E-state index is 13.3. The monoisotopic (exact) mass is 415 g/mol. The van der Waals surface area contributed by atoms with Gasteiger partial charge < -0.3 is 24.2 Å². The molecule has 9 heteroatoms. The standard InChI is InChI=1S/C21H29N5O4/c1-5-6-7-10-26-19(27)17-18(23(2)21(26)28)22-20-24(11-12-25(17)20)15-9-8-14(29-3)13-16(15)30-4/h8-9,13,17-18H,5-7,10-12H2,1-4H3. The number of fused-ring (bicyclic) bond motifs is 3. The third kappa shape index (κ3) is 3.12. The van der Waals surface area contributed by atoms with Gasteiger partial charge in [-0.05, 0) is 18.6 Å². The van der Waals surface area contributed by atoms with E-state index in [0.717, 1.165) is 24.9 Å². The Kier molecular flexibility index (Phi) is 5.44. The highest BCUT2D eigenvalue weighted by Crippen LogP contribution is 2.38. The van der Waals surface area contributed by atoms with E-state index in [-0.39, 0.29) is 11.9 Å². The molecule has 162 valence electrons. The number of hydrogen-bond donors (Lipinski definition) is 0. The molecule has 0 spiro atoms. The van der Waals surface area contributed by atoms with Crippen molar-refractivity contribution in [2.45, 2.75) is 38.4 Å². The molecule has 4 rings (SSSR count). The van der Waals surface area contributed by atoms with Crippen LogP contribution >= 0.6 is 0 Å². The number of likely N-dealkylation sites (N-methyl/N-ethyl adjacent to an activating group) is 1. The molecule has 0 radical (unpaired) electrons. The summed E-state index contributed by atoms with van der Waals surface area (Å²) in [4.78, 5) is 37.9. The Hall–Kier alpha value is -2.97. The molecule has 1 aromatic carbocycles. The second kappa shape index (κ2) is 8.04. The van der Waals surface area contributed by atoms with Crippen molar-refractivity contribution in [3.05, 3.63) is 18.2 Å². The lowest BCUT2D eigenvalue weighted by Crippen LogP contribution is -2.64. The van der Waals surface area contributed by atoms with Crippen LogP contribution in [0.15, 0.2) is 23.2 Å². The fraction of sp³-hybridized carbons (Fsp3) is 0.571. The van der Waals surface area contributed by atoms with Gasteiger partial charge in [0, 0.05) is 32.7 Å². The number of nitrogens with zero attached hydrogens (tertiary/aromatic N) is 5. The van der Waals surface area contributed by atoms with E-state index < -0.39 is 12.2 Å². The second-order valence-corrected chi connectivity index (χ2v) is 7.76. The summed E-state index contributed by atoms with van der Waals surface area (Å²) in [6.45, 7) is 3.90. The molecule has 2 atom stereocenters. The van der Waals surface area contributed by atoms with Crippen LogP contribution in [-0.2, 0) is 4.79 Å². The lowest BCUT2D eigenvalue weighted by Gasteiger charge is -2.40. The topological polar surface area (TPSA) is 77.9 Å². The minimum atomic E-state index is -0.505. The molecule has 2 unspecified atom stereocenters. The first kappa shape index (κ1) is 20.3. The first-order valence-corrected chi connectivity index (χ1v) is 10.4. The number of hydrogen-bond acceptors (Lipinski definition) is 7. The second-order valence-electron chi connectivity index (χ2n) is 7.76. The molecule has 3 aliphatic rings. The zero-order chi connectivity index (χ0) is 21.4. The first-order valence-electron chi connectivity index (χ1n) is 10.4.